The summed E-state index contributed by atoms with van der Waals surface area (Å²) in [7, 11) is 0. The van der Waals surface area contributed by atoms with Crippen LogP contribution >= 0.6 is 22.7 Å². The maximum atomic E-state index is 13.0. The van der Waals surface area contributed by atoms with E-state index in [1.54, 1.807) is 60.4 Å². The van der Waals surface area contributed by atoms with Crippen LogP contribution < -0.4 is 5.32 Å². The molecule has 0 saturated heterocycles. The summed E-state index contributed by atoms with van der Waals surface area (Å²) in [6.45, 7) is 0. The van der Waals surface area contributed by atoms with Crippen molar-refractivity contribution in [3.8, 4) is 10.4 Å². The van der Waals surface area contributed by atoms with E-state index in [1.807, 2.05) is 6.07 Å². The molecule has 12 heteroatoms. The van der Waals surface area contributed by atoms with Crippen LogP contribution in [0.15, 0.2) is 78.7 Å². The van der Waals surface area contributed by atoms with E-state index >= 15 is 0 Å². The molecule has 0 bridgehead atoms. The number of thiazole rings is 2. The molecule has 176 valence electrons. The Labute approximate surface area is 205 Å². The number of nitrogens with zero attached hydrogens (tertiary/aromatic N) is 5. The van der Waals surface area contributed by atoms with Crippen molar-refractivity contribution in [2.75, 3.05) is 5.32 Å². The van der Waals surface area contributed by atoms with E-state index in [4.69, 9.17) is 0 Å². The molecule has 1 atom stereocenters. The molecule has 0 amide bonds. The van der Waals surface area contributed by atoms with Gasteiger partial charge in [-0.1, -0.05) is 18.2 Å². The quantitative estimate of drug-likeness (QED) is 0.310. The number of aromatic nitrogens is 5. The predicted molar refractivity (Wildman–Crippen MR) is 126 cm³/mol. The summed E-state index contributed by atoms with van der Waals surface area (Å²) in [6, 6.07) is 13.1. The van der Waals surface area contributed by atoms with Gasteiger partial charge in [0.25, 0.3) is 0 Å². The maximum Gasteiger partial charge on any atom is 0.433 e. The second kappa shape index (κ2) is 9.13. The summed E-state index contributed by atoms with van der Waals surface area (Å²) < 4.78 is 38.9. The number of aliphatic hydroxyl groups is 1. The Morgan fingerprint density at radius 1 is 0.829 bits per heavy atom. The summed E-state index contributed by atoms with van der Waals surface area (Å²) in [5.74, 6) is -0.171. The molecule has 1 aromatic carbocycles. The summed E-state index contributed by atoms with van der Waals surface area (Å²) in [6.07, 6.45) is 1.30. The van der Waals surface area contributed by atoms with Crippen LogP contribution in [0.4, 0.5) is 24.8 Å². The van der Waals surface area contributed by atoms with Crippen molar-refractivity contribution in [3.63, 3.8) is 0 Å². The number of benzene rings is 1. The molecule has 0 aliphatic heterocycles. The van der Waals surface area contributed by atoms with Crippen LogP contribution in [-0.4, -0.2) is 30.0 Å². The smallest absolute Gasteiger partial charge is 0.371 e. The number of rotatable bonds is 6. The van der Waals surface area contributed by atoms with Gasteiger partial charge in [-0.15, -0.1) is 22.7 Å². The minimum absolute atomic E-state index is 0.171. The van der Waals surface area contributed by atoms with E-state index in [2.05, 4.69) is 30.2 Å². The van der Waals surface area contributed by atoms with Gasteiger partial charge in [-0.3, -0.25) is 4.98 Å². The lowest BCUT2D eigenvalue weighted by Crippen LogP contribution is -2.29. The fourth-order valence-corrected chi connectivity index (χ4v) is 5.14. The van der Waals surface area contributed by atoms with Crippen molar-refractivity contribution < 1.29 is 18.3 Å². The standard InChI is InChI=1S/C23H15F3N6OS2/c24-23(25,26)18-7-9-29-21(32-18)31-15-5-3-4-14(12-15)16-13-30-20(35-16)22(33,19-28-10-11-34-19)17-6-1-2-8-27-17/h1-13,33H,(H,29,31,32). The summed E-state index contributed by atoms with van der Waals surface area (Å²) in [5, 5.41) is 17.1. The van der Waals surface area contributed by atoms with Gasteiger partial charge < -0.3 is 10.4 Å². The van der Waals surface area contributed by atoms with Gasteiger partial charge in [0.1, 0.15) is 15.7 Å². The van der Waals surface area contributed by atoms with E-state index in [0.29, 0.717) is 21.4 Å². The first-order chi connectivity index (χ1) is 16.8. The summed E-state index contributed by atoms with van der Waals surface area (Å²) in [4.78, 5) is 21.2. The average Bonchev–Trinajstić information content (AvgIpc) is 3.57. The largest absolute Gasteiger partial charge is 0.433 e. The van der Waals surface area contributed by atoms with Crippen LogP contribution in [0.1, 0.15) is 21.4 Å². The van der Waals surface area contributed by atoms with Gasteiger partial charge in [0.2, 0.25) is 11.5 Å². The normalized spacial score (nSPS) is 13.4. The number of nitrogens with one attached hydrogen (secondary N) is 1. The first-order valence-electron chi connectivity index (χ1n) is 10.1. The predicted octanol–water partition coefficient (Wildman–Crippen LogP) is 5.50. The monoisotopic (exact) mass is 512 g/mol. The number of pyridine rings is 1. The summed E-state index contributed by atoms with van der Waals surface area (Å²) >= 11 is 2.56. The number of anilines is 2. The fraction of sp³-hybridized carbons (Fsp3) is 0.0870. The summed E-state index contributed by atoms with van der Waals surface area (Å²) in [5.41, 5.74) is -1.02. The Morgan fingerprint density at radius 3 is 2.46 bits per heavy atom. The molecule has 2 N–H and O–H groups in total. The number of hydrogen-bond acceptors (Lipinski definition) is 9. The van der Waals surface area contributed by atoms with Crippen LogP contribution in [0, 0.1) is 0 Å². The van der Waals surface area contributed by atoms with E-state index in [-0.39, 0.29) is 5.95 Å². The molecule has 0 aliphatic carbocycles. The Hall–Kier alpha value is -3.74. The molecule has 1 unspecified atom stereocenters. The third-order valence-corrected chi connectivity index (χ3v) is 6.98. The molecule has 35 heavy (non-hydrogen) atoms. The molecule has 4 heterocycles. The SMILES string of the molecule is OC(c1ccccn1)(c1nccs1)c1ncc(-c2cccc(Nc3nccc(C(F)(F)F)n3)c2)s1. The van der Waals surface area contributed by atoms with Crippen molar-refractivity contribution in [3.05, 3.63) is 100 Å². The third kappa shape index (κ3) is 4.63. The molecular formula is C23H15F3N6OS2. The van der Waals surface area contributed by atoms with Crippen molar-refractivity contribution in [2.24, 2.45) is 0 Å². The molecule has 0 spiro atoms. The van der Waals surface area contributed by atoms with Crippen LogP contribution in [0.2, 0.25) is 0 Å². The highest BCUT2D eigenvalue weighted by atomic mass is 32.1. The zero-order chi connectivity index (χ0) is 24.5. The third-order valence-electron chi connectivity index (χ3n) is 4.94. The van der Waals surface area contributed by atoms with Crippen LogP contribution in [0.5, 0.6) is 0 Å². The Balaban J connectivity index is 1.47. The molecule has 7 nitrogen and oxygen atoms in total. The highest BCUT2D eigenvalue weighted by molar-refractivity contribution is 7.15. The zero-order valence-electron chi connectivity index (χ0n) is 17.6. The Kier molecular flexibility index (Phi) is 6.01. The topological polar surface area (TPSA) is 96.7 Å². The van der Waals surface area contributed by atoms with Gasteiger partial charge in [-0.25, -0.2) is 19.9 Å². The molecule has 0 aliphatic rings. The van der Waals surface area contributed by atoms with Gasteiger partial charge in [0.15, 0.2) is 0 Å². The number of halogens is 3. The first-order valence-corrected chi connectivity index (χ1v) is 11.8. The minimum Gasteiger partial charge on any atom is -0.371 e. The van der Waals surface area contributed by atoms with Gasteiger partial charge in [-0.2, -0.15) is 13.2 Å². The molecule has 0 radical (unpaired) electrons. The second-order valence-electron chi connectivity index (χ2n) is 7.26. The van der Waals surface area contributed by atoms with Gasteiger partial charge in [-0.05, 0) is 35.9 Å². The van der Waals surface area contributed by atoms with Crippen molar-refractivity contribution in [1.82, 2.24) is 24.9 Å². The molecule has 5 rings (SSSR count). The lowest BCUT2D eigenvalue weighted by atomic mass is 10.0. The lowest BCUT2D eigenvalue weighted by molar-refractivity contribution is -0.141. The number of alkyl halides is 3. The molecular weight excluding hydrogens is 497 g/mol. The van der Waals surface area contributed by atoms with Gasteiger partial charge >= 0.3 is 6.18 Å². The van der Waals surface area contributed by atoms with Crippen LogP contribution in [0.25, 0.3) is 10.4 Å². The molecule has 4 aromatic heterocycles. The van der Waals surface area contributed by atoms with Crippen LogP contribution in [-0.2, 0) is 11.8 Å². The molecule has 5 aromatic rings. The van der Waals surface area contributed by atoms with Crippen molar-refractivity contribution in [2.45, 2.75) is 11.8 Å². The van der Waals surface area contributed by atoms with Crippen molar-refractivity contribution >= 4 is 34.3 Å². The zero-order valence-corrected chi connectivity index (χ0v) is 19.3. The highest BCUT2D eigenvalue weighted by Crippen LogP contribution is 2.41. The van der Waals surface area contributed by atoms with Gasteiger partial charge in [0.05, 0.1) is 10.6 Å². The van der Waals surface area contributed by atoms with E-state index in [0.717, 1.165) is 22.7 Å². The minimum atomic E-state index is -4.57. The van der Waals surface area contributed by atoms with E-state index < -0.39 is 17.5 Å². The van der Waals surface area contributed by atoms with Crippen molar-refractivity contribution in [1.29, 1.82) is 0 Å². The lowest BCUT2D eigenvalue weighted by Gasteiger charge is -2.22. The fourth-order valence-electron chi connectivity index (χ4n) is 3.32. The maximum absolute atomic E-state index is 13.0. The molecule has 0 fully saturated rings. The van der Waals surface area contributed by atoms with Gasteiger partial charge in [0, 0.05) is 35.9 Å². The average molecular weight is 513 g/mol. The molecule has 0 saturated carbocycles. The first kappa shape index (κ1) is 23.0. The Morgan fingerprint density at radius 2 is 1.71 bits per heavy atom. The second-order valence-corrected chi connectivity index (χ2v) is 9.19. The Bertz CT molecular complexity index is 1440. The number of hydrogen-bond donors (Lipinski definition) is 2. The highest BCUT2D eigenvalue weighted by Gasteiger charge is 2.41. The van der Waals surface area contributed by atoms with E-state index in [1.165, 1.54) is 22.7 Å². The van der Waals surface area contributed by atoms with E-state index in [9.17, 15) is 18.3 Å². The van der Waals surface area contributed by atoms with Crippen LogP contribution in [0.3, 0.4) is 0 Å².